The maximum absolute atomic E-state index is 5.70. The zero-order valence-electron chi connectivity index (χ0n) is 10.2. The smallest absolute Gasteiger partial charge is 0.119 e. The van der Waals surface area contributed by atoms with Crippen LogP contribution in [-0.4, -0.2) is 19.7 Å². The second kappa shape index (κ2) is 7.07. The van der Waals surface area contributed by atoms with Crippen molar-refractivity contribution in [3.05, 3.63) is 42.5 Å². The molecule has 0 aromatic heterocycles. The summed E-state index contributed by atoms with van der Waals surface area (Å²) in [6, 6.07) is 10.3. The summed E-state index contributed by atoms with van der Waals surface area (Å²) in [6.07, 6.45) is 2.11. The summed E-state index contributed by atoms with van der Waals surface area (Å²) in [5, 5.41) is 3.26. The summed E-state index contributed by atoms with van der Waals surface area (Å²) in [7, 11) is 1.97. The molecule has 88 valence electrons. The van der Waals surface area contributed by atoms with Crippen LogP contribution in [0.25, 0.3) is 0 Å². The van der Waals surface area contributed by atoms with Crippen LogP contribution in [0.5, 0.6) is 5.75 Å². The van der Waals surface area contributed by atoms with Gasteiger partial charge in [-0.2, -0.15) is 0 Å². The van der Waals surface area contributed by atoms with Gasteiger partial charge in [0, 0.05) is 6.04 Å². The van der Waals surface area contributed by atoms with Crippen molar-refractivity contribution < 1.29 is 4.74 Å². The third kappa shape index (κ3) is 4.99. The van der Waals surface area contributed by atoms with Gasteiger partial charge in [-0.15, -0.1) is 6.58 Å². The Balaban J connectivity index is 2.31. The minimum atomic E-state index is 0.386. The van der Waals surface area contributed by atoms with E-state index in [1.165, 1.54) is 5.57 Å². The van der Waals surface area contributed by atoms with Crippen molar-refractivity contribution in [1.82, 2.24) is 5.32 Å². The standard InChI is InChI=1S/C14H21NO/c1-12(2)9-10-13(15-3)11-16-14-7-5-4-6-8-14/h4-8,13,15H,1,9-11H2,2-3H3. The van der Waals surface area contributed by atoms with Gasteiger partial charge in [-0.3, -0.25) is 0 Å². The molecule has 0 aliphatic heterocycles. The molecule has 0 spiro atoms. The summed E-state index contributed by atoms with van der Waals surface area (Å²) < 4.78 is 5.70. The number of ether oxygens (including phenoxy) is 1. The van der Waals surface area contributed by atoms with E-state index in [-0.39, 0.29) is 0 Å². The average Bonchev–Trinajstić information content (AvgIpc) is 2.30. The zero-order valence-corrected chi connectivity index (χ0v) is 10.2. The Kier molecular flexibility index (Phi) is 5.65. The highest BCUT2D eigenvalue weighted by Crippen LogP contribution is 2.10. The fourth-order valence-corrected chi connectivity index (χ4v) is 1.45. The van der Waals surface area contributed by atoms with Gasteiger partial charge in [0.25, 0.3) is 0 Å². The Morgan fingerprint density at radius 3 is 2.62 bits per heavy atom. The molecule has 0 bridgehead atoms. The van der Waals surface area contributed by atoms with Crippen LogP contribution in [0, 0.1) is 0 Å². The van der Waals surface area contributed by atoms with Crippen molar-refractivity contribution in [2.24, 2.45) is 0 Å². The van der Waals surface area contributed by atoms with Gasteiger partial charge in [-0.1, -0.05) is 23.8 Å². The van der Waals surface area contributed by atoms with Gasteiger partial charge in [-0.25, -0.2) is 0 Å². The Morgan fingerprint density at radius 2 is 2.06 bits per heavy atom. The van der Waals surface area contributed by atoms with Crippen molar-refractivity contribution in [1.29, 1.82) is 0 Å². The summed E-state index contributed by atoms with van der Waals surface area (Å²) in [5.74, 6) is 0.929. The normalized spacial score (nSPS) is 12.1. The van der Waals surface area contributed by atoms with E-state index < -0.39 is 0 Å². The van der Waals surface area contributed by atoms with E-state index in [0.717, 1.165) is 18.6 Å². The quantitative estimate of drug-likeness (QED) is 0.712. The molecule has 1 unspecified atom stereocenters. The third-order valence-corrected chi connectivity index (χ3v) is 2.52. The number of nitrogens with one attached hydrogen (secondary N) is 1. The van der Waals surface area contributed by atoms with Gasteiger partial charge in [-0.05, 0) is 38.9 Å². The first-order valence-electron chi connectivity index (χ1n) is 5.72. The molecule has 2 nitrogen and oxygen atoms in total. The monoisotopic (exact) mass is 219 g/mol. The molecular formula is C14H21NO. The molecule has 16 heavy (non-hydrogen) atoms. The van der Waals surface area contributed by atoms with Crippen LogP contribution < -0.4 is 10.1 Å². The highest BCUT2D eigenvalue weighted by molar-refractivity contribution is 5.20. The number of rotatable bonds is 7. The third-order valence-electron chi connectivity index (χ3n) is 2.52. The summed E-state index contributed by atoms with van der Waals surface area (Å²) in [4.78, 5) is 0. The number of likely N-dealkylation sites (N-methyl/N-ethyl adjacent to an activating group) is 1. The van der Waals surface area contributed by atoms with Gasteiger partial charge in [0.15, 0.2) is 0 Å². The zero-order chi connectivity index (χ0) is 11.8. The van der Waals surface area contributed by atoms with Crippen LogP contribution in [0.2, 0.25) is 0 Å². The number of benzene rings is 1. The maximum Gasteiger partial charge on any atom is 0.119 e. The van der Waals surface area contributed by atoms with E-state index >= 15 is 0 Å². The first-order valence-corrected chi connectivity index (χ1v) is 5.72. The lowest BCUT2D eigenvalue weighted by atomic mass is 10.1. The number of hydrogen-bond acceptors (Lipinski definition) is 2. The second-order valence-corrected chi connectivity index (χ2v) is 4.11. The van der Waals surface area contributed by atoms with E-state index in [1.54, 1.807) is 0 Å². The van der Waals surface area contributed by atoms with E-state index in [0.29, 0.717) is 12.6 Å². The van der Waals surface area contributed by atoms with Crippen LogP contribution in [-0.2, 0) is 0 Å². The molecule has 1 atom stereocenters. The van der Waals surface area contributed by atoms with Crippen LogP contribution in [0.3, 0.4) is 0 Å². The topological polar surface area (TPSA) is 21.3 Å². The maximum atomic E-state index is 5.70. The van der Waals surface area contributed by atoms with E-state index in [4.69, 9.17) is 4.74 Å². The molecule has 1 aromatic rings. The fraction of sp³-hybridized carbons (Fsp3) is 0.429. The number of hydrogen-bond donors (Lipinski definition) is 1. The lowest BCUT2D eigenvalue weighted by molar-refractivity contribution is 0.263. The molecular weight excluding hydrogens is 198 g/mol. The number of allylic oxidation sites excluding steroid dienone is 1. The predicted molar refractivity (Wildman–Crippen MR) is 68.8 cm³/mol. The van der Waals surface area contributed by atoms with Crippen molar-refractivity contribution in [2.75, 3.05) is 13.7 Å². The minimum absolute atomic E-state index is 0.386. The summed E-state index contributed by atoms with van der Waals surface area (Å²) in [5.41, 5.74) is 1.22. The van der Waals surface area contributed by atoms with Crippen LogP contribution in [0.1, 0.15) is 19.8 Å². The Morgan fingerprint density at radius 1 is 1.38 bits per heavy atom. The van der Waals surface area contributed by atoms with Gasteiger partial charge in [0.2, 0.25) is 0 Å². The molecule has 0 saturated carbocycles. The SMILES string of the molecule is C=C(C)CCC(COc1ccccc1)NC. The van der Waals surface area contributed by atoms with Crippen molar-refractivity contribution in [2.45, 2.75) is 25.8 Å². The first kappa shape index (κ1) is 12.8. The highest BCUT2D eigenvalue weighted by atomic mass is 16.5. The molecule has 1 rings (SSSR count). The Bertz CT molecular complexity index is 308. The molecule has 0 aliphatic carbocycles. The van der Waals surface area contributed by atoms with Gasteiger partial charge in [0.1, 0.15) is 12.4 Å². The van der Waals surface area contributed by atoms with Gasteiger partial charge >= 0.3 is 0 Å². The van der Waals surface area contributed by atoms with Crippen molar-refractivity contribution in [3.63, 3.8) is 0 Å². The molecule has 0 aliphatic rings. The van der Waals surface area contributed by atoms with Crippen LogP contribution in [0.15, 0.2) is 42.5 Å². The van der Waals surface area contributed by atoms with Crippen LogP contribution in [0.4, 0.5) is 0 Å². The molecule has 0 heterocycles. The highest BCUT2D eigenvalue weighted by Gasteiger charge is 2.06. The lowest BCUT2D eigenvalue weighted by Crippen LogP contribution is -2.31. The number of para-hydroxylation sites is 1. The minimum Gasteiger partial charge on any atom is -0.492 e. The fourth-order valence-electron chi connectivity index (χ4n) is 1.45. The Hall–Kier alpha value is -1.28. The molecule has 0 saturated heterocycles. The van der Waals surface area contributed by atoms with E-state index in [2.05, 4.69) is 18.8 Å². The molecule has 0 radical (unpaired) electrons. The molecule has 2 heteroatoms. The average molecular weight is 219 g/mol. The van der Waals surface area contributed by atoms with Crippen molar-refractivity contribution >= 4 is 0 Å². The summed E-state index contributed by atoms with van der Waals surface area (Å²) in [6.45, 7) is 6.67. The second-order valence-electron chi connectivity index (χ2n) is 4.11. The van der Waals surface area contributed by atoms with E-state index in [1.807, 2.05) is 37.4 Å². The first-order chi connectivity index (χ1) is 7.72. The lowest BCUT2D eigenvalue weighted by Gasteiger charge is -2.16. The van der Waals surface area contributed by atoms with Crippen molar-refractivity contribution in [3.8, 4) is 5.75 Å². The van der Waals surface area contributed by atoms with Crippen LogP contribution >= 0.6 is 0 Å². The molecule has 0 amide bonds. The molecule has 1 aromatic carbocycles. The molecule has 0 fully saturated rings. The van der Waals surface area contributed by atoms with Gasteiger partial charge in [0.05, 0.1) is 0 Å². The van der Waals surface area contributed by atoms with Gasteiger partial charge < -0.3 is 10.1 Å². The van der Waals surface area contributed by atoms with E-state index in [9.17, 15) is 0 Å². The summed E-state index contributed by atoms with van der Waals surface area (Å²) >= 11 is 0. The molecule has 1 N–H and O–H groups in total. The predicted octanol–water partition coefficient (Wildman–Crippen LogP) is 3.01. The largest absolute Gasteiger partial charge is 0.492 e. The Labute approximate surface area is 98.3 Å².